The van der Waals surface area contributed by atoms with Gasteiger partial charge >= 0.3 is 0 Å². The Morgan fingerprint density at radius 2 is 1.14 bits per heavy atom. The van der Waals surface area contributed by atoms with Crippen LogP contribution in [0, 0.1) is 0 Å². The molecule has 0 spiro atoms. The minimum absolute atomic E-state index is 0.0360. The zero-order valence-corrected chi connectivity index (χ0v) is 15.5. The van der Waals surface area contributed by atoms with Crippen LogP contribution < -0.4 is 0 Å². The lowest BCUT2D eigenvalue weighted by molar-refractivity contribution is 0.249. The SMILES string of the molecule is OCCN(Cc1ccc(CN(CCO)C(=S)S)cc1)C(=S)S. The van der Waals surface area contributed by atoms with Gasteiger partial charge in [0.05, 0.1) is 13.2 Å². The number of rotatable bonds is 8. The first-order valence-electron chi connectivity index (χ1n) is 6.73. The molecule has 0 saturated carbocycles. The molecule has 2 N–H and O–H groups in total. The summed E-state index contributed by atoms with van der Waals surface area (Å²) in [7, 11) is 0. The van der Waals surface area contributed by atoms with Gasteiger partial charge in [0, 0.05) is 26.2 Å². The van der Waals surface area contributed by atoms with E-state index in [2.05, 4.69) is 25.3 Å². The Bertz CT molecular complexity index is 451. The summed E-state index contributed by atoms with van der Waals surface area (Å²) in [5.41, 5.74) is 2.16. The highest BCUT2D eigenvalue weighted by atomic mass is 32.1. The number of nitrogens with zero attached hydrogens (tertiary/aromatic N) is 2. The number of hydrogen-bond donors (Lipinski definition) is 4. The number of aliphatic hydroxyl groups is 2. The number of thiol groups is 2. The summed E-state index contributed by atoms with van der Waals surface area (Å²) in [5, 5.41) is 18.1. The molecule has 0 unspecified atom stereocenters. The van der Waals surface area contributed by atoms with Crippen molar-refractivity contribution in [3.05, 3.63) is 35.4 Å². The van der Waals surface area contributed by atoms with E-state index in [0.29, 0.717) is 34.8 Å². The van der Waals surface area contributed by atoms with Crippen LogP contribution >= 0.6 is 49.7 Å². The Labute approximate surface area is 152 Å². The third-order valence-electron chi connectivity index (χ3n) is 3.05. The van der Waals surface area contributed by atoms with Gasteiger partial charge in [-0.3, -0.25) is 0 Å². The second-order valence-electron chi connectivity index (χ2n) is 4.67. The molecule has 0 bridgehead atoms. The summed E-state index contributed by atoms with van der Waals surface area (Å²) in [6, 6.07) is 8.02. The normalized spacial score (nSPS) is 10.4. The van der Waals surface area contributed by atoms with Gasteiger partial charge in [-0.25, -0.2) is 0 Å². The summed E-state index contributed by atoms with van der Waals surface area (Å²) in [4.78, 5) is 3.66. The van der Waals surface area contributed by atoms with Crippen molar-refractivity contribution in [2.45, 2.75) is 13.1 Å². The third-order valence-corrected chi connectivity index (χ3v) is 4.13. The van der Waals surface area contributed by atoms with Gasteiger partial charge in [-0.2, -0.15) is 0 Å². The zero-order valence-electron chi connectivity index (χ0n) is 12.1. The minimum atomic E-state index is 0.0360. The molecular weight excluding hydrogens is 356 g/mol. The van der Waals surface area contributed by atoms with Crippen molar-refractivity contribution < 1.29 is 10.2 Å². The van der Waals surface area contributed by atoms with Gasteiger partial charge in [0.15, 0.2) is 0 Å². The minimum Gasteiger partial charge on any atom is -0.395 e. The molecule has 0 aliphatic rings. The molecule has 0 aliphatic heterocycles. The van der Waals surface area contributed by atoms with E-state index in [-0.39, 0.29) is 13.2 Å². The van der Waals surface area contributed by atoms with Gasteiger partial charge in [-0.1, -0.05) is 48.7 Å². The molecule has 122 valence electrons. The number of hydrogen-bond acceptors (Lipinski definition) is 4. The first-order valence-corrected chi connectivity index (χ1v) is 8.44. The predicted molar refractivity (Wildman–Crippen MR) is 105 cm³/mol. The highest BCUT2D eigenvalue weighted by Gasteiger charge is 2.09. The van der Waals surface area contributed by atoms with Gasteiger partial charge in [-0.15, -0.1) is 25.3 Å². The van der Waals surface area contributed by atoms with Crippen molar-refractivity contribution >= 4 is 58.3 Å². The molecule has 0 saturated heterocycles. The maximum absolute atomic E-state index is 9.03. The van der Waals surface area contributed by atoms with E-state index in [1.807, 2.05) is 34.1 Å². The molecule has 22 heavy (non-hydrogen) atoms. The Balaban J connectivity index is 2.69. The zero-order chi connectivity index (χ0) is 16.5. The van der Waals surface area contributed by atoms with E-state index >= 15 is 0 Å². The van der Waals surface area contributed by atoms with E-state index < -0.39 is 0 Å². The average molecular weight is 377 g/mol. The summed E-state index contributed by atoms with van der Waals surface area (Å²) < 4.78 is 0.931. The summed E-state index contributed by atoms with van der Waals surface area (Å²) in [6.07, 6.45) is 0. The maximum Gasteiger partial charge on any atom is 0.133 e. The molecule has 4 nitrogen and oxygen atoms in total. The van der Waals surface area contributed by atoms with Crippen LogP contribution in [0.4, 0.5) is 0 Å². The summed E-state index contributed by atoms with van der Waals surface area (Å²) in [5.74, 6) is 0. The van der Waals surface area contributed by atoms with Crippen molar-refractivity contribution in [2.24, 2.45) is 0 Å². The second-order valence-corrected chi connectivity index (χ2v) is 6.90. The number of aliphatic hydroxyl groups excluding tert-OH is 2. The first-order chi connectivity index (χ1) is 10.5. The molecule has 0 aliphatic carbocycles. The molecular formula is C14H20N2O2S4. The van der Waals surface area contributed by atoms with Gasteiger partial charge in [-0.05, 0) is 11.1 Å². The molecule has 0 heterocycles. The number of thiocarbonyl (C=S) groups is 2. The topological polar surface area (TPSA) is 46.9 Å². The lowest BCUT2D eigenvalue weighted by Gasteiger charge is -2.23. The van der Waals surface area contributed by atoms with E-state index in [4.69, 9.17) is 34.6 Å². The largest absolute Gasteiger partial charge is 0.395 e. The second kappa shape index (κ2) is 10.4. The molecule has 0 amide bonds. The van der Waals surface area contributed by atoms with Crippen LogP contribution in [-0.4, -0.2) is 55.0 Å². The van der Waals surface area contributed by atoms with Crippen LogP contribution in [-0.2, 0) is 13.1 Å². The van der Waals surface area contributed by atoms with E-state index in [1.54, 1.807) is 0 Å². The standard InChI is InChI=1S/C14H20N2O2S4/c17-7-5-15(13(19)20)9-11-1-2-12(4-3-11)10-16(6-8-18)14(21)22/h1-4,17-18H,5-10H2,(H,19,20)(H,21,22). The van der Waals surface area contributed by atoms with E-state index in [0.717, 1.165) is 11.1 Å². The van der Waals surface area contributed by atoms with E-state index in [1.165, 1.54) is 0 Å². The van der Waals surface area contributed by atoms with Crippen LogP contribution in [0.25, 0.3) is 0 Å². The van der Waals surface area contributed by atoms with Gasteiger partial charge in [0.2, 0.25) is 0 Å². The van der Waals surface area contributed by atoms with Crippen molar-refractivity contribution in [2.75, 3.05) is 26.3 Å². The van der Waals surface area contributed by atoms with Crippen LogP contribution in [0.3, 0.4) is 0 Å². The Hall–Kier alpha value is -0.380. The van der Waals surface area contributed by atoms with Crippen molar-refractivity contribution in [1.82, 2.24) is 9.80 Å². The van der Waals surface area contributed by atoms with Crippen LogP contribution in [0.2, 0.25) is 0 Å². The lowest BCUT2D eigenvalue weighted by Crippen LogP contribution is -2.29. The summed E-state index contributed by atoms with van der Waals surface area (Å²) >= 11 is 18.4. The quantitative estimate of drug-likeness (QED) is 0.409. The molecule has 1 rings (SSSR count). The Morgan fingerprint density at radius 3 is 1.36 bits per heavy atom. The van der Waals surface area contributed by atoms with Crippen LogP contribution in [0.5, 0.6) is 0 Å². The first kappa shape index (κ1) is 19.7. The highest BCUT2D eigenvalue weighted by molar-refractivity contribution is 8.11. The third kappa shape index (κ3) is 6.80. The Kier molecular flexibility index (Phi) is 9.30. The van der Waals surface area contributed by atoms with E-state index in [9.17, 15) is 0 Å². The monoisotopic (exact) mass is 376 g/mol. The molecule has 0 fully saturated rings. The van der Waals surface area contributed by atoms with Crippen molar-refractivity contribution in [3.63, 3.8) is 0 Å². The van der Waals surface area contributed by atoms with Crippen molar-refractivity contribution in [1.29, 1.82) is 0 Å². The molecule has 0 radical (unpaired) electrons. The summed E-state index contributed by atoms with van der Waals surface area (Å²) in [6.45, 7) is 2.20. The van der Waals surface area contributed by atoms with Crippen molar-refractivity contribution in [3.8, 4) is 0 Å². The fourth-order valence-corrected chi connectivity index (χ4v) is 2.57. The van der Waals surface area contributed by atoms with Crippen LogP contribution in [0.15, 0.2) is 24.3 Å². The van der Waals surface area contributed by atoms with Gasteiger partial charge in [0.25, 0.3) is 0 Å². The fourth-order valence-electron chi connectivity index (χ4n) is 1.92. The fraction of sp³-hybridized carbons (Fsp3) is 0.429. The average Bonchev–Trinajstić information content (AvgIpc) is 2.47. The van der Waals surface area contributed by atoms with Gasteiger partial charge in [0.1, 0.15) is 8.64 Å². The molecule has 0 atom stereocenters. The molecule has 1 aromatic rings. The number of benzene rings is 1. The Morgan fingerprint density at radius 1 is 0.818 bits per heavy atom. The predicted octanol–water partition coefficient (Wildman–Crippen LogP) is 1.70. The maximum atomic E-state index is 9.03. The highest BCUT2D eigenvalue weighted by Crippen LogP contribution is 2.12. The molecule has 8 heteroatoms. The van der Waals surface area contributed by atoms with Crippen LogP contribution in [0.1, 0.15) is 11.1 Å². The lowest BCUT2D eigenvalue weighted by atomic mass is 10.1. The smallest absolute Gasteiger partial charge is 0.133 e. The van der Waals surface area contributed by atoms with Gasteiger partial charge < -0.3 is 20.0 Å². The molecule has 0 aromatic heterocycles. The molecule has 1 aromatic carbocycles.